The summed E-state index contributed by atoms with van der Waals surface area (Å²) in [6.45, 7) is 2.28. The standard InChI is InChI=1S/C26H42N2O.ClH/c1-2-3-4-5-6-7-8-9-10-11-12-13-14-22-15-17-23(18-16-22)21-24(29)26(19-20-26)25(27)28;/h15-18H,2-14,19-21H2,1H3,(H3,27,28);1H. The van der Waals surface area contributed by atoms with E-state index in [4.69, 9.17) is 11.1 Å². The molecule has 0 aliphatic heterocycles. The minimum absolute atomic E-state index is 0. The molecule has 0 radical (unpaired) electrons. The Hall–Kier alpha value is -1.35. The summed E-state index contributed by atoms with van der Waals surface area (Å²) in [6, 6.07) is 8.47. The van der Waals surface area contributed by atoms with Crippen LogP contribution in [0.5, 0.6) is 0 Å². The number of ketones is 1. The molecule has 1 aromatic carbocycles. The van der Waals surface area contributed by atoms with Crippen molar-refractivity contribution < 1.29 is 4.79 Å². The number of amidine groups is 1. The first kappa shape index (κ1) is 26.7. The van der Waals surface area contributed by atoms with E-state index < -0.39 is 5.41 Å². The summed E-state index contributed by atoms with van der Waals surface area (Å²) in [5, 5.41) is 7.64. The first-order valence-corrected chi connectivity index (χ1v) is 12.0. The highest BCUT2D eigenvalue weighted by atomic mass is 35.5. The number of hydrogen-bond donors (Lipinski definition) is 2. The third-order valence-corrected chi connectivity index (χ3v) is 6.51. The van der Waals surface area contributed by atoms with Gasteiger partial charge in [-0.2, -0.15) is 0 Å². The molecule has 0 amide bonds. The average Bonchev–Trinajstić information content (AvgIpc) is 3.52. The molecule has 30 heavy (non-hydrogen) atoms. The summed E-state index contributed by atoms with van der Waals surface area (Å²) in [6.07, 6.45) is 19.6. The molecule has 2 rings (SSSR count). The van der Waals surface area contributed by atoms with Crippen LogP contribution in [0.25, 0.3) is 0 Å². The Morgan fingerprint density at radius 1 is 0.833 bits per heavy atom. The van der Waals surface area contributed by atoms with Gasteiger partial charge in [0.2, 0.25) is 0 Å². The smallest absolute Gasteiger partial charge is 0.150 e. The monoisotopic (exact) mass is 434 g/mol. The Kier molecular flexibility index (Phi) is 13.0. The SMILES string of the molecule is CCCCCCCCCCCCCCc1ccc(CC(=O)C2(C(=N)N)CC2)cc1.Cl. The van der Waals surface area contributed by atoms with Crippen LogP contribution in [0.4, 0.5) is 0 Å². The number of aryl methyl sites for hydroxylation is 1. The summed E-state index contributed by atoms with van der Waals surface area (Å²) in [5.74, 6) is 0.157. The number of hydrogen-bond acceptors (Lipinski definition) is 2. The minimum Gasteiger partial charge on any atom is -0.387 e. The molecular formula is C26H43ClN2O. The Bertz CT molecular complexity index is 622. The van der Waals surface area contributed by atoms with Gasteiger partial charge >= 0.3 is 0 Å². The molecule has 1 aliphatic rings. The van der Waals surface area contributed by atoms with Crippen LogP contribution in [0.2, 0.25) is 0 Å². The molecule has 170 valence electrons. The first-order valence-electron chi connectivity index (χ1n) is 12.0. The lowest BCUT2D eigenvalue weighted by atomic mass is 9.93. The lowest BCUT2D eigenvalue weighted by Gasteiger charge is -2.12. The molecule has 0 saturated heterocycles. The number of nitrogens with two attached hydrogens (primary N) is 1. The van der Waals surface area contributed by atoms with E-state index in [2.05, 4.69) is 31.2 Å². The largest absolute Gasteiger partial charge is 0.387 e. The Morgan fingerprint density at radius 3 is 1.70 bits per heavy atom. The van der Waals surface area contributed by atoms with Crippen molar-refractivity contribution in [1.29, 1.82) is 5.41 Å². The fourth-order valence-electron chi connectivity index (χ4n) is 4.17. The lowest BCUT2D eigenvalue weighted by molar-refractivity contribution is -0.121. The predicted octanol–water partition coefficient (Wildman–Crippen LogP) is 7.18. The fourth-order valence-corrected chi connectivity index (χ4v) is 4.17. The second-order valence-corrected chi connectivity index (χ2v) is 9.05. The third kappa shape index (κ3) is 9.20. The summed E-state index contributed by atoms with van der Waals surface area (Å²) < 4.78 is 0. The second kappa shape index (κ2) is 14.6. The molecule has 0 heterocycles. The maximum absolute atomic E-state index is 12.4. The third-order valence-electron chi connectivity index (χ3n) is 6.51. The minimum atomic E-state index is -0.631. The van der Waals surface area contributed by atoms with E-state index in [9.17, 15) is 4.79 Å². The van der Waals surface area contributed by atoms with E-state index in [1.54, 1.807) is 0 Å². The lowest BCUT2D eigenvalue weighted by Crippen LogP contribution is -2.32. The van der Waals surface area contributed by atoms with Crippen molar-refractivity contribution in [3.63, 3.8) is 0 Å². The average molecular weight is 435 g/mol. The molecule has 0 spiro atoms. The van der Waals surface area contributed by atoms with Crippen LogP contribution in [0.3, 0.4) is 0 Å². The van der Waals surface area contributed by atoms with Crippen LogP contribution >= 0.6 is 12.4 Å². The number of halogens is 1. The molecule has 1 saturated carbocycles. The molecule has 1 aromatic rings. The van der Waals surface area contributed by atoms with Gasteiger partial charge in [0.15, 0.2) is 5.78 Å². The fraction of sp³-hybridized carbons (Fsp3) is 0.692. The van der Waals surface area contributed by atoms with E-state index >= 15 is 0 Å². The molecule has 1 fully saturated rings. The predicted molar refractivity (Wildman–Crippen MR) is 131 cm³/mol. The van der Waals surface area contributed by atoms with Gasteiger partial charge in [0.1, 0.15) is 5.84 Å². The molecule has 0 aromatic heterocycles. The number of Topliss-reactive ketones (excluding diaryl/α,β-unsaturated/α-hetero) is 1. The zero-order valence-electron chi connectivity index (χ0n) is 19.0. The number of unbranched alkanes of at least 4 members (excludes halogenated alkanes) is 11. The molecule has 3 nitrogen and oxygen atoms in total. The van der Waals surface area contributed by atoms with E-state index in [0.717, 1.165) is 24.8 Å². The van der Waals surface area contributed by atoms with Crippen molar-refractivity contribution in [2.75, 3.05) is 0 Å². The van der Waals surface area contributed by atoms with Crippen molar-refractivity contribution >= 4 is 24.0 Å². The molecule has 0 unspecified atom stereocenters. The summed E-state index contributed by atoms with van der Waals surface area (Å²) in [4.78, 5) is 12.4. The van der Waals surface area contributed by atoms with Gasteiger partial charge in [-0.05, 0) is 36.8 Å². The number of nitrogens with one attached hydrogen (secondary N) is 1. The number of rotatable bonds is 17. The highest BCUT2D eigenvalue weighted by Crippen LogP contribution is 2.47. The Labute approximate surface area is 190 Å². The summed E-state index contributed by atoms with van der Waals surface area (Å²) >= 11 is 0. The van der Waals surface area contributed by atoms with E-state index in [-0.39, 0.29) is 24.0 Å². The summed E-state index contributed by atoms with van der Waals surface area (Å²) in [5.41, 5.74) is 7.38. The van der Waals surface area contributed by atoms with Crippen LogP contribution < -0.4 is 5.73 Å². The molecule has 4 heteroatoms. The normalized spacial score (nSPS) is 14.2. The second-order valence-electron chi connectivity index (χ2n) is 9.05. The molecule has 3 N–H and O–H groups in total. The van der Waals surface area contributed by atoms with Crippen LogP contribution in [0.15, 0.2) is 24.3 Å². The van der Waals surface area contributed by atoms with E-state index in [0.29, 0.717) is 6.42 Å². The van der Waals surface area contributed by atoms with Crippen molar-refractivity contribution in [3.05, 3.63) is 35.4 Å². The quantitative estimate of drug-likeness (QED) is 0.155. The van der Waals surface area contributed by atoms with Gasteiger partial charge in [-0.1, -0.05) is 102 Å². The highest BCUT2D eigenvalue weighted by molar-refractivity contribution is 6.09. The van der Waals surface area contributed by atoms with Crippen molar-refractivity contribution in [2.24, 2.45) is 11.1 Å². The molecule has 0 atom stereocenters. The van der Waals surface area contributed by atoms with Crippen molar-refractivity contribution in [1.82, 2.24) is 0 Å². The topological polar surface area (TPSA) is 66.9 Å². The van der Waals surface area contributed by atoms with Gasteiger partial charge in [-0.15, -0.1) is 12.4 Å². The van der Waals surface area contributed by atoms with Gasteiger partial charge in [0.25, 0.3) is 0 Å². The maximum atomic E-state index is 12.4. The van der Waals surface area contributed by atoms with E-state index in [1.807, 2.05) is 0 Å². The summed E-state index contributed by atoms with van der Waals surface area (Å²) in [7, 11) is 0. The van der Waals surface area contributed by atoms with Gasteiger partial charge in [-0.25, -0.2) is 0 Å². The Balaban J connectivity index is 0.00000450. The number of benzene rings is 1. The molecule has 1 aliphatic carbocycles. The molecular weight excluding hydrogens is 392 g/mol. The number of carbonyl (C=O) groups excluding carboxylic acids is 1. The van der Waals surface area contributed by atoms with Crippen LogP contribution in [-0.2, 0) is 17.6 Å². The van der Waals surface area contributed by atoms with Crippen molar-refractivity contribution in [2.45, 2.75) is 110 Å². The van der Waals surface area contributed by atoms with Crippen LogP contribution in [0.1, 0.15) is 108 Å². The first-order chi connectivity index (χ1) is 14.1. The Morgan fingerprint density at radius 2 is 1.27 bits per heavy atom. The van der Waals surface area contributed by atoms with Crippen LogP contribution in [-0.4, -0.2) is 11.6 Å². The zero-order chi connectivity index (χ0) is 21.0. The zero-order valence-corrected chi connectivity index (χ0v) is 19.8. The van der Waals surface area contributed by atoms with Gasteiger partial charge in [0, 0.05) is 6.42 Å². The van der Waals surface area contributed by atoms with E-state index in [1.165, 1.54) is 82.6 Å². The number of carbonyl (C=O) groups is 1. The van der Waals surface area contributed by atoms with Gasteiger partial charge in [0.05, 0.1) is 5.41 Å². The highest BCUT2D eigenvalue weighted by Gasteiger charge is 2.52. The van der Waals surface area contributed by atoms with Gasteiger partial charge in [-0.3, -0.25) is 10.2 Å². The van der Waals surface area contributed by atoms with Gasteiger partial charge < -0.3 is 5.73 Å². The molecule has 0 bridgehead atoms. The van der Waals surface area contributed by atoms with Crippen LogP contribution in [0, 0.1) is 10.8 Å². The maximum Gasteiger partial charge on any atom is 0.150 e. The van der Waals surface area contributed by atoms with Crippen molar-refractivity contribution in [3.8, 4) is 0 Å².